The summed E-state index contributed by atoms with van der Waals surface area (Å²) in [7, 11) is -4.36. The first-order chi connectivity index (χ1) is 42.1. The fourth-order valence-electron chi connectivity index (χ4n) is 9.47. The number of benzene rings is 6. The summed E-state index contributed by atoms with van der Waals surface area (Å²) < 4.78 is 86.3. The number of esters is 7. The highest BCUT2D eigenvalue weighted by molar-refractivity contribution is 7.46. The van der Waals surface area contributed by atoms with Crippen molar-refractivity contribution in [2.45, 2.75) is 106 Å². The normalized spacial score (nSPS) is 21.7. The standard InChI is InChI=1S/C64H65O22P/c1-75-50(65)38-24-4-2-3-5-25-39-76-63-55(83-61(70)46-34-20-10-21-35-46)53(81-59(68)44-30-16-8-17-31-44)51(48(79-63)40-77-57(66)42-26-12-6-13-27-42)85-64-56(84-62(71)47-36-22-11-23-37-47)54(82-60(69)45-32-18-9-19-33-45)52(86-87(72,73)74)49(80-64)41-78-58(67)43-28-14-7-15-29-43/h6-23,26-37,48-49,51-56,63-64H,2-5,24-25,38-41H2,1H3,(H2,72,73,74)/t48-,49-,51-,52+,53+,54+,55-,56-,63-,64+/m1/s1. The van der Waals surface area contributed by atoms with E-state index < -0.39 is 118 Å². The van der Waals surface area contributed by atoms with E-state index in [0.29, 0.717) is 19.3 Å². The summed E-state index contributed by atoms with van der Waals surface area (Å²) >= 11 is 0. The Kier molecular flexibility index (Phi) is 24.0. The Labute approximate surface area is 501 Å². The molecule has 0 spiro atoms. The van der Waals surface area contributed by atoms with Crippen LogP contribution in [0.3, 0.4) is 0 Å². The van der Waals surface area contributed by atoms with Crippen molar-refractivity contribution in [3.8, 4) is 0 Å². The SMILES string of the molecule is COC(=O)CCCCCCCCO[C@@H]1O[C@H](COC(=O)c2ccccc2)[C@@H](O[C@@H]2O[C@H](COC(=O)c3ccccc3)[C@H](OP(=O)(O)O)[C@H](OC(=O)c3ccccc3)[C@H]2OC(=O)c2ccccc2)[C@H](OC(=O)c2ccccc2)[C@H]1OC(=O)c1ccccc1. The monoisotopic (exact) mass is 1220 g/mol. The molecule has 6 aromatic carbocycles. The molecule has 2 aliphatic rings. The van der Waals surface area contributed by atoms with Gasteiger partial charge in [0.05, 0.1) is 40.5 Å². The van der Waals surface area contributed by atoms with Crippen LogP contribution in [-0.4, -0.2) is 140 Å². The Hall–Kier alpha value is -8.44. The first-order valence-electron chi connectivity index (χ1n) is 28.0. The Balaban J connectivity index is 1.25. The van der Waals surface area contributed by atoms with Crippen molar-refractivity contribution in [2.75, 3.05) is 26.9 Å². The highest BCUT2D eigenvalue weighted by Crippen LogP contribution is 2.44. The lowest BCUT2D eigenvalue weighted by atomic mass is 9.95. The van der Waals surface area contributed by atoms with E-state index in [2.05, 4.69) is 0 Å². The van der Waals surface area contributed by atoms with E-state index in [9.17, 15) is 47.9 Å². The molecule has 0 aliphatic carbocycles. The summed E-state index contributed by atoms with van der Waals surface area (Å²) in [5, 5.41) is 0. The largest absolute Gasteiger partial charge is 0.470 e. The van der Waals surface area contributed by atoms with Crippen LogP contribution in [0, 0.1) is 0 Å². The van der Waals surface area contributed by atoms with Crippen LogP contribution in [0.1, 0.15) is 107 Å². The smallest absolute Gasteiger partial charge is 0.469 e. The molecular formula is C64H65O22P. The first-order valence-corrected chi connectivity index (χ1v) is 29.6. The summed E-state index contributed by atoms with van der Waals surface area (Å²) in [5.41, 5.74) is 0.0376. The van der Waals surface area contributed by atoms with Gasteiger partial charge in [-0.1, -0.05) is 135 Å². The molecule has 0 amide bonds. The molecule has 0 unspecified atom stereocenters. The number of carbonyl (C=O) groups excluding carboxylic acids is 7. The molecule has 2 saturated heterocycles. The minimum atomic E-state index is -5.69. The summed E-state index contributed by atoms with van der Waals surface area (Å²) in [5.74, 6) is -6.30. The van der Waals surface area contributed by atoms with Crippen molar-refractivity contribution in [1.82, 2.24) is 0 Å². The number of methoxy groups -OCH3 is 1. The second-order valence-electron chi connectivity index (χ2n) is 19.9. The number of phosphoric ester groups is 1. The molecule has 22 nitrogen and oxygen atoms in total. The molecule has 458 valence electrons. The van der Waals surface area contributed by atoms with E-state index in [1.54, 1.807) is 84.9 Å². The van der Waals surface area contributed by atoms with Crippen molar-refractivity contribution < 1.29 is 105 Å². The maximum Gasteiger partial charge on any atom is 0.470 e. The van der Waals surface area contributed by atoms with Crippen LogP contribution in [0.5, 0.6) is 0 Å². The molecule has 2 N–H and O–H groups in total. The predicted molar refractivity (Wildman–Crippen MR) is 305 cm³/mol. The third-order valence-electron chi connectivity index (χ3n) is 13.8. The maximum atomic E-state index is 14.6. The number of rotatable bonds is 28. The number of carbonyl (C=O) groups is 7. The minimum absolute atomic E-state index is 0.00110. The molecule has 23 heteroatoms. The second-order valence-corrected chi connectivity index (χ2v) is 21.1. The van der Waals surface area contributed by atoms with Gasteiger partial charge in [-0.2, -0.15) is 0 Å². The van der Waals surface area contributed by atoms with Crippen LogP contribution in [0.25, 0.3) is 0 Å². The average Bonchev–Trinajstić information content (AvgIpc) is 1.48. The quantitative estimate of drug-likeness (QED) is 0.0201. The predicted octanol–water partition coefficient (Wildman–Crippen LogP) is 8.84. The molecule has 0 bridgehead atoms. The van der Waals surface area contributed by atoms with Gasteiger partial charge in [-0.05, 0) is 85.6 Å². The van der Waals surface area contributed by atoms with E-state index >= 15 is 0 Å². The van der Waals surface area contributed by atoms with Crippen LogP contribution in [0.4, 0.5) is 0 Å². The summed E-state index contributed by atoms with van der Waals surface area (Å²) in [6.07, 6.45) is -15.1. The van der Waals surface area contributed by atoms with Crippen molar-refractivity contribution in [2.24, 2.45) is 0 Å². The number of phosphoric acid groups is 1. The van der Waals surface area contributed by atoms with Gasteiger partial charge in [0.2, 0.25) is 0 Å². The third-order valence-corrected chi connectivity index (χ3v) is 14.3. The summed E-state index contributed by atoms with van der Waals surface area (Å²) in [6.45, 7) is -1.68. The van der Waals surface area contributed by atoms with Gasteiger partial charge < -0.3 is 61.9 Å². The lowest BCUT2D eigenvalue weighted by Gasteiger charge is -2.49. The van der Waals surface area contributed by atoms with Gasteiger partial charge in [0.15, 0.2) is 37.0 Å². The zero-order chi connectivity index (χ0) is 61.5. The van der Waals surface area contributed by atoms with Gasteiger partial charge in [-0.25, -0.2) is 33.3 Å². The van der Waals surface area contributed by atoms with E-state index in [4.69, 9.17) is 56.6 Å². The van der Waals surface area contributed by atoms with Crippen LogP contribution in [-0.2, 0) is 66.0 Å². The highest BCUT2D eigenvalue weighted by atomic mass is 31.2. The molecule has 0 saturated carbocycles. The highest BCUT2D eigenvalue weighted by Gasteiger charge is 2.59. The topological polar surface area (TPSA) is 288 Å². The molecule has 2 fully saturated rings. The Morgan fingerprint density at radius 1 is 0.402 bits per heavy atom. The zero-order valence-corrected chi connectivity index (χ0v) is 48.1. The molecule has 2 heterocycles. The van der Waals surface area contributed by atoms with Crippen LogP contribution >= 0.6 is 7.82 Å². The fourth-order valence-corrected chi connectivity index (χ4v) is 10.0. The molecule has 0 radical (unpaired) electrons. The average molecular weight is 1220 g/mol. The first kappa shape index (κ1) is 64.6. The Morgan fingerprint density at radius 3 is 1.11 bits per heavy atom. The van der Waals surface area contributed by atoms with Gasteiger partial charge in [-0.15, -0.1) is 0 Å². The molecule has 2 aliphatic heterocycles. The van der Waals surface area contributed by atoms with Crippen molar-refractivity contribution >= 4 is 49.6 Å². The molecule has 0 aromatic heterocycles. The number of unbranched alkanes of at least 4 members (excludes halogenated alkanes) is 5. The number of hydrogen-bond acceptors (Lipinski definition) is 20. The van der Waals surface area contributed by atoms with Gasteiger partial charge >= 0.3 is 49.6 Å². The fraction of sp³-hybridized carbons (Fsp3) is 0.328. The Bertz CT molecular complexity index is 3230. The van der Waals surface area contributed by atoms with Crippen LogP contribution in [0.15, 0.2) is 182 Å². The van der Waals surface area contributed by atoms with E-state index in [0.717, 1.165) is 19.3 Å². The molecular weight excluding hydrogens is 1150 g/mol. The molecule has 87 heavy (non-hydrogen) atoms. The van der Waals surface area contributed by atoms with Crippen molar-refractivity contribution in [3.63, 3.8) is 0 Å². The lowest BCUT2D eigenvalue weighted by Crippen LogP contribution is -2.67. The lowest BCUT2D eigenvalue weighted by molar-refractivity contribution is -0.355. The molecule has 10 atom stereocenters. The second kappa shape index (κ2) is 32.3. The molecule has 6 aromatic rings. The minimum Gasteiger partial charge on any atom is -0.469 e. The van der Waals surface area contributed by atoms with Crippen molar-refractivity contribution in [1.29, 1.82) is 0 Å². The van der Waals surface area contributed by atoms with Gasteiger partial charge in [0.1, 0.15) is 37.6 Å². The van der Waals surface area contributed by atoms with E-state index in [1.807, 2.05) is 0 Å². The van der Waals surface area contributed by atoms with Gasteiger partial charge in [0, 0.05) is 13.0 Å². The molecule has 8 rings (SSSR count). The number of ether oxygens (including phenoxy) is 11. The van der Waals surface area contributed by atoms with Crippen LogP contribution in [0.2, 0.25) is 0 Å². The zero-order valence-electron chi connectivity index (χ0n) is 47.2. The van der Waals surface area contributed by atoms with Gasteiger partial charge in [0.25, 0.3) is 0 Å². The van der Waals surface area contributed by atoms with Crippen LogP contribution < -0.4 is 0 Å². The Morgan fingerprint density at radius 2 is 0.724 bits per heavy atom. The maximum absolute atomic E-state index is 14.6. The summed E-state index contributed by atoms with van der Waals surface area (Å²) in [4.78, 5) is 118. The summed E-state index contributed by atoms with van der Waals surface area (Å²) in [6, 6.07) is 45.7. The number of hydrogen-bond donors (Lipinski definition) is 2. The van der Waals surface area contributed by atoms with Gasteiger partial charge in [-0.3, -0.25) is 9.32 Å². The third kappa shape index (κ3) is 19.0. The van der Waals surface area contributed by atoms with Crippen molar-refractivity contribution in [3.05, 3.63) is 215 Å². The van der Waals surface area contributed by atoms with E-state index in [1.165, 1.54) is 104 Å². The van der Waals surface area contributed by atoms with E-state index in [-0.39, 0.29) is 52.4 Å².